The highest BCUT2D eigenvalue weighted by atomic mass is 16.6. The van der Waals surface area contributed by atoms with Crippen LogP contribution in [0.1, 0.15) is 17.4 Å². The van der Waals surface area contributed by atoms with E-state index in [-0.39, 0.29) is 11.9 Å². The number of non-ortho nitro benzene ring substituents is 1. The van der Waals surface area contributed by atoms with E-state index in [9.17, 15) is 10.1 Å². The van der Waals surface area contributed by atoms with Crippen LogP contribution in [0.4, 0.5) is 5.69 Å². The van der Waals surface area contributed by atoms with E-state index in [0.717, 1.165) is 16.9 Å². The van der Waals surface area contributed by atoms with Crippen molar-refractivity contribution in [1.82, 2.24) is 5.32 Å². The van der Waals surface area contributed by atoms with Gasteiger partial charge >= 0.3 is 0 Å². The predicted octanol–water partition coefficient (Wildman–Crippen LogP) is 2.78. The van der Waals surface area contributed by atoms with E-state index in [1.807, 2.05) is 30.3 Å². The standard InChI is InChI=1S/C14H12N2O3/c17-16(18)12-6-3-5-10(8-12)14-15-9-11-4-1-2-7-13(11)19-14/h1-8,14-15H,9H2. The summed E-state index contributed by atoms with van der Waals surface area (Å²) < 4.78 is 5.82. The van der Waals surface area contributed by atoms with E-state index in [4.69, 9.17) is 4.74 Å². The summed E-state index contributed by atoms with van der Waals surface area (Å²) in [5.74, 6) is 0.817. The molecule has 2 aromatic rings. The fourth-order valence-electron chi connectivity index (χ4n) is 2.12. The van der Waals surface area contributed by atoms with Gasteiger partial charge in [0, 0.05) is 29.8 Å². The third-order valence-corrected chi connectivity index (χ3v) is 3.08. The zero-order valence-corrected chi connectivity index (χ0v) is 10.1. The van der Waals surface area contributed by atoms with Crippen molar-refractivity contribution in [2.75, 3.05) is 0 Å². The van der Waals surface area contributed by atoms with Gasteiger partial charge in [-0.3, -0.25) is 15.4 Å². The largest absolute Gasteiger partial charge is 0.471 e. The lowest BCUT2D eigenvalue weighted by molar-refractivity contribution is -0.385. The maximum absolute atomic E-state index is 10.8. The van der Waals surface area contributed by atoms with E-state index in [0.29, 0.717) is 6.54 Å². The molecule has 2 aromatic carbocycles. The fourth-order valence-corrected chi connectivity index (χ4v) is 2.12. The molecule has 1 aliphatic heterocycles. The smallest absolute Gasteiger partial charge is 0.269 e. The Hall–Kier alpha value is -2.40. The van der Waals surface area contributed by atoms with Gasteiger partial charge in [0.15, 0.2) is 6.23 Å². The Morgan fingerprint density at radius 2 is 2.05 bits per heavy atom. The van der Waals surface area contributed by atoms with Gasteiger partial charge in [-0.25, -0.2) is 0 Å². The molecule has 0 radical (unpaired) electrons. The van der Waals surface area contributed by atoms with Crippen molar-refractivity contribution >= 4 is 5.69 Å². The number of benzene rings is 2. The fraction of sp³-hybridized carbons (Fsp3) is 0.143. The molecule has 0 saturated heterocycles. The molecule has 0 aliphatic carbocycles. The van der Waals surface area contributed by atoms with Crippen molar-refractivity contribution < 1.29 is 9.66 Å². The van der Waals surface area contributed by atoms with Crippen molar-refractivity contribution in [2.45, 2.75) is 12.8 Å². The topological polar surface area (TPSA) is 64.4 Å². The molecule has 5 heteroatoms. The monoisotopic (exact) mass is 256 g/mol. The van der Waals surface area contributed by atoms with Gasteiger partial charge < -0.3 is 4.74 Å². The molecule has 1 N–H and O–H groups in total. The number of nitrogens with one attached hydrogen (secondary N) is 1. The molecule has 96 valence electrons. The van der Waals surface area contributed by atoms with E-state index in [1.54, 1.807) is 6.07 Å². The molecule has 0 spiro atoms. The Morgan fingerprint density at radius 3 is 2.89 bits per heavy atom. The first kappa shape index (κ1) is 11.7. The molecule has 1 unspecified atom stereocenters. The Kier molecular flexibility index (Phi) is 2.89. The van der Waals surface area contributed by atoms with E-state index >= 15 is 0 Å². The number of rotatable bonds is 2. The Labute approximate surface area is 110 Å². The minimum atomic E-state index is -0.403. The summed E-state index contributed by atoms with van der Waals surface area (Å²) in [5, 5.41) is 14.0. The number of nitrogens with zero attached hydrogens (tertiary/aromatic N) is 1. The van der Waals surface area contributed by atoms with Crippen LogP contribution in [0.5, 0.6) is 5.75 Å². The number of hydrogen-bond acceptors (Lipinski definition) is 4. The van der Waals surface area contributed by atoms with Crippen molar-refractivity contribution in [2.24, 2.45) is 0 Å². The van der Waals surface area contributed by atoms with E-state index in [2.05, 4.69) is 5.32 Å². The third kappa shape index (κ3) is 2.28. The van der Waals surface area contributed by atoms with Gasteiger partial charge in [0.2, 0.25) is 0 Å². The summed E-state index contributed by atoms with van der Waals surface area (Å²) in [6.07, 6.45) is -0.352. The molecule has 1 heterocycles. The van der Waals surface area contributed by atoms with Crippen molar-refractivity contribution in [3.8, 4) is 5.75 Å². The van der Waals surface area contributed by atoms with Gasteiger partial charge in [-0.15, -0.1) is 0 Å². The van der Waals surface area contributed by atoms with Crippen LogP contribution in [0.25, 0.3) is 0 Å². The minimum Gasteiger partial charge on any atom is -0.471 e. The molecule has 0 amide bonds. The molecule has 0 fully saturated rings. The third-order valence-electron chi connectivity index (χ3n) is 3.08. The first-order valence-corrected chi connectivity index (χ1v) is 5.96. The molecule has 0 bridgehead atoms. The number of ether oxygens (including phenoxy) is 1. The average Bonchev–Trinajstić information content (AvgIpc) is 2.47. The summed E-state index contributed by atoms with van der Waals surface area (Å²) in [7, 11) is 0. The lowest BCUT2D eigenvalue weighted by Crippen LogP contribution is -2.30. The molecule has 0 aromatic heterocycles. The van der Waals surface area contributed by atoms with Gasteiger partial charge in [-0.05, 0) is 6.07 Å². The highest BCUT2D eigenvalue weighted by Crippen LogP contribution is 2.29. The van der Waals surface area contributed by atoms with E-state index < -0.39 is 4.92 Å². The molecule has 0 saturated carbocycles. The van der Waals surface area contributed by atoms with Gasteiger partial charge in [0.1, 0.15) is 5.75 Å². The molecule has 1 atom stereocenters. The quantitative estimate of drug-likeness (QED) is 0.662. The Balaban J connectivity index is 1.89. The zero-order valence-electron chi connectivity index (χ0n) is 10.1. The Bertz CT molecular complexity index is 628. The summed E-state index contributed by atoms with van der Waals surface area (Å²) in [6.45, 7) is 0.684. The SMILES string of the molecule is O=[N+]([O-])c1cccc(C2NCc3ccccc3O2)c1. The van der Waals surface area contributed by atoms with Gasteiger partial charge in [-0.1, -0.05) is 30.3 Å². The molecular weight excluding hydrogens is 244 g/mol. The van der Waals surface area contributed by atoms with Crippen LogP contribution in [-0.2, 0) is 6.54 Å². The first-order valence-electron chi connectivity index (χ1n) is 5.96. The number of nitro groups is 1. The maximum atomic E-state index is 10.8. The lowest BCUT2D eigenvalue weighted by atomic mass is 10.1. The van der Waals surface area contributed by atoms with Crippen LogP contribution < -0.4 is 10.1 Å². The number of para-hydroxylation sites is 1. The van der Waals surface area contributed by atoms with Crippen LogP contribution in [0.2, 0.25) is 0 Å². The van der Waals surface area contributed by atoms with Crippen LogP contribution in [0.15, 0.2) is 48.5 Å². The van der Waals surface area contributed by atoms with Gasteiger partial charge in [0.05, 0.1) is 4.92 Å². The van der Waals surface area contributed by atoms with E-state index in [1.165, 1.54) is 12.1 Å². The zero-order chi connectivity index (χ0) is 13.2. The summed E-state index contributed by atoms with van der Waals surface area (Å²) >= 11 is 0. The van der Waals surface area contributed by atoms with Crippen LogP contribution in [-0.4, -0.2) is 4.92 Å². The predicted molar refractivity (Wildman–Crippen MR) is 69.7 cm³/mol. The average molecular weight is 256 g/mol. The molecule has 19 heavy (non-hydrogen) atoms. The lowest BCUT2D eigenvalue weighted by Gasteiger charge is -2.27. The van der Waals surface area contributed by atoms with Crippen molar-refractivity contribution in [1.29, 1.82) is 0 Å². The number of nitro benzene ring substituents is 1. The van der Waals surface area contributed by atoms with Crippen LogP contribution in [0.3, 0.4) is 0 Å². The summed E-state index contributed by atoms with van der Waals surface area (Å²) in [4.78, 5) is 10.4. The van der Waals surface area contributed by atoms with Gasteiger partial charge in [-0.2, -0.15) is 0 Å². The normalized spacial score (nSPS) is 17.4. The second-order valence-electron chi connectivity index (χ2n) is 4.34. The van der Waals surface area contributed by atoms with Crippen LogP contribution in [0, 0.1) is 10.1 Å². The highest BCUT2D eigenvalue weighted by Gasteiger charge is 2.21. The Morgan fingerprint density at radius 1 is 1.21 bits per heavy atom. The highest BCUT2D eigenvalue weighted by molar-refractivity contribution is 5.39. The van der Waals surface area contributed by atoms with Gasteiger partial charge in [0.25, 0.3) is 5.69 Å². The molecule has 5 nitrogen and oxygen atoms in total. The number of hydrogen-bond donors (Lipinski definition) is 1. The molecule has 3 rings (SSSR count). The maximum Gasteiger partial charge on any atom is 0.269 e. The van der Waals surface area contributed by atoms with Crippen molar-refractivity contribution in [3.05, 3.63) is 69.8 Å². The second kappa shape index (κ2) is 4.70. The summed E-state index contributed by atoms with van der Waals surface area (Å²) in [6, 6.07) is 14.3. The second-order valence-corrected chi connectivity index (χ2v) is 4.34. The molecule has 1 aliphatic rings. The molecular formula is C14H12N2O3. The first-order chi connectivity index (χ1) is 9.24. The number of fused-ring (bicyclic) bond motifs is 1. The van der Waals surface area contributed by atoms with Crippen LogP contribution >= 0.6 is 0 Å². The van der Waals surface area contributed by atoms with Crippen molar-refractivity contribution in [3.63, 3.8) is 0 Å². The minimum absolute atomic E-state index is 0.0711. The summed E-state index contributed by atoms with van der Waals surface area (Å²) in [5.41, 5.74) is 1.91.